The zero-order chi connectivity index (χ0) is 13.4. The number of hydrogen-bond donors (Lipinski definition) is 2. The summed E-state index contributed by atoms with van der Waals surface area (Å²) < 4.78 is 5.39. The molecule has 0 saturated carbocycles. The first-order valence-corrected chi connectivity index (χ1v) is 6.69. The number of nitrogen functional groups attached to an aromatic ring is 1. The van der Waals surface area contributed by atoms with Crippen LogP contribution in [0.1, 0.15) is 45.4 Å². The lowest BCUT2D eigenvalue weighted by Gasteiger charge is -2.12. The minimum Gasteiger partial charge on any atom is -0.476 e. The van der Waals surface area contributed by atoms with Gasteiger partial charge in [-0.05, 0) is 20.3 Å². The molecular formula is C13H24N4O. The first kappa shape index (κ1) is 14.5. The summed E-state index contributed by atoms with van der Waals surface area (Å²) >= 11 is 0. The van der Waals surface area contributed by atoms with Gasteiger partial charge in [0, 0.05) is 6.54 Å². The van der Waals surface area contributed by atoms with Crippen LogP contribution in [0.4, 0.5) is 11.5 Å². The van der Waals surface area contributed by atoms with E-state index in [4.69, 9.17) is 10.5 Å². The molecule has 0 spiro atoms. The van der Waals surface area contributed by atoms with Crippen molar-refractivity contribution in [3.05, 3.63) is 5.82 Å². The molecule has 1 aromatic rings. The van der Waals surface area contributed by atoms with Crippen molar-refractivity contribution < 1.29 is 4.74 Å². The van der Waals surface area contributed by atoms with Crippen LogP contribution in [0.25, 0.3) is 0 Å². The van der Waals surface area contributed by atoms with Crippen molar-refractivity contribution in [2.75, 3.05) is 24.2 Å². The monoisotopic (exact) mass is 252 g/mol. The molecule has 0 bridgehead atoms. The maximum Gasteiger partial charge on any atom is 0.242 e. The van der Waals surface area contributed by atoms with Crippen LogP contribution in [0.2, 0.25) is 0 Å². The molecule has 102 valence electrons. The molecule has 0 aliphatic heterocycles. The van der Waals surface area contributed by atoms with Gasteiger partial charge in [-0.1, -0.05) is 26.2 Å². The third-order valence-electron chi connectivity index (χ3n) is 2.63. The van der Waals surface area contributed by atoms with E-state index in [2.05, 4.69) is 22.2 Å². The molecule has 5 nitrogen and oxygen atoms in total. The van der Waals surface area contributed by atoms with Crippen LogP contribution in [0.15, 0.2) is 0 Å². The molecular weight excluding hydrogens is 228 g/mol. The lowest BCUT2D eigenvalue weighted by Crippen LogP contribution is -2.10. The zero-order valence-corrected chi connectivity index (χ0v) is 11.6. The maximum absolute atomic E-state index is 5.97. The van der Waals surface area contributed by atoms with E-state index in [9.17, 15) is 0 Å². The van der Waals surface area contributed by atoms with Gasteiger partial charge in [0.15, 0.2) is 5.82 Å². The highest BCUT2D eigenvalue weighted by Gasteiger charge is 2.10. The fourth-order valence-corrected chi connectivity index (χ4v) is 1.70. The number of nitrogens with zero attached hydrogens (tertiary/aromatic N) is 2. The van der Waals surface area contributed by atoms with E-state index in [0.717, 1.165) is 13.0 Å². The van der Waals surface area contributed by atoms with Crippen LogP contribution in [0.5, 0.6) is 5.88 Å². The Morgan fingerprint density at radius 1 is 1.17 bits per heavy atom. The second-order valence-corrected chi connectivity index (χ2v) is 4.26. The summed E-state index contributed by atoms with van der Waals surface area (Å²) in [6.45, 7) is 7.38. The largest absolute Gasteiger partial charge is 0.476 e. The van der Waals surface area contributed by atoms with Gasteiger partial charge in [0.2, 0.25) is 5.88 Å². The Kier molecular flexibility index (Phi) is 6.25. The Balaban J connectivity index is 2.58. The van der Waals surface area contributed by atoms with Gasteiger partial charge >= 0.3 is 0 Å². The summed E-state index contributed by atoms with van der Waals surface area (Å²) in [7, 11) is 0. The number of anilines is 2. The highest BCUT2D eigenvalue weighted by atomic mass is 16.5. The standard InChI is InChI=1S/C13H24N4O/c1-4-6-7-8-9-15-12-11(14)13(18-5-2)17-10(3)16-12/h4-9,14H2,1-3H3,(H,15,16,17). The van der Waals surface area contributed by atoms with Crippen molar-refractivity contribution in [2.45, 2.75) is 46.5 Å². The molecule has 0 radical (unpaired) electrons. The lowest BCUT2D eigenvalue weighted by atomic mass is 10.2. The van der Waals surface area contributed by atoms with E-state index >= 15 is 0 Å². The van der Waals surface area contributed by atoms with Gasteiger partial charge < -0.3 is 15.8 Å². The summed E-state index contributed by atoms with van der Waals surface area (Å²) in [5, 5.41) is 3.26. The van der Waals surface area contributed by atoms with E-state index in [1.165, 1.54) is 19.3 Å². The fraction of sp³-hybridized carbons (Fsp3) is 0.692. The third-order valence-corrected chi connectivity index (χ3v) is 2.63. The van der Waals surface area contributed by atoms with E-state index in [0.29, 0.717) is 29.8 Å². The summed E-state index contributed by atoms with van der Waals surface area (Å²) in [5.74, 6) is 1.83. The topological polar surface area (TPSA) is 73.1 Å². The van der Waals surface area contributed by atoms with Crippen LogP contribution in [-0.4, -0.2) is 23.1 Å². The van der Waals surface area contributed by atoms with E-state index < -0.39 is 0 Å². The Hall–Kier alpha value is -1.52. The number of aromatic nitrogens is 2. The van der Waals surface area contributed by atoms with Gasteiger partial charge in [-0.3, -0.25) is 0 Å². The van der Waals surface area contributed by atoms with Crippen molar-refractivity contribution >= 4 is 11.5 Å². The number of unbranched alkanes of at least 4 members (excludes halogenated alkanes) is 3. The zero-order valence-electron chi connectivity index (χ0n) is 11.6. The van der Waals surface area contributed by atoms with Gasteiger partial charge in [-0.15, -0.1) is 0 Å². The van der Waals surface area contributed by atoms with Crippen molar-refractivity contribution in [2.24, 2.45) is 0 Å². The summed E-state index contributed by atoms with van der Waals surface area (Å²) in [5.41, 5.74) is 6.46. The van der Waals surface area contributed by atoms with Gasteiger partial charge in [-0.2, -0.15) is 4.98 Å². The molecule has 0 saturated heterocycles. The van der Waals surface area contributed by atoms with Crippen LogP contribution < -0.4 is 15.8 Å². The third kappa shape index (κ3) is 4.39. The van der Waals surface area contributed by atoms with Crippen LogP contribution in [0.3, 0.4) is 0 Å². The predicted molar refractivity (Wildman–Crippen MR) is 75.0 cm³/mol. The Morgan fingerprint density at radius 2 is 1.94 bits per heavy atom. The molecule has 0 atom stereocenters. The molecule has 0 aliphatic carbocycles. The number of rotatable bonds is 8. The average Bonchev–Trinajstić information content (AvgIpc) is 2.34. The number of aryl methyl sites for hydroxylation is 1. The van der Waals surface area contributed by atoms with Gasteiger partial charge in [0.25, 0.3) is 0 Å². The van der Waals surface area contributed by atoms with E-state index in [-0.39, 0.29) is 0 Å². The molecule has 1 heterocycles. The molecule has 0 aliphatic rings. The highest BCUT2D eigenvalue weighted by molar-refractivity contribution is 5.66. The lowest BCUT2D eigenvalue weighted by molar-refractivity contribution is 0.327. The van der Waals surface area contributed by atoms with E-state index in [1.54, 1.807) is 0 Å². The number of nitrogens with two attached hydrogens (primary N) is 1. The van der Waals surface area contributed by atoms with Crippen LogP contribution >= 0.6 is 0 Å². The van der Waals surface area contributed by atoms with Gasteiger partial charge in [0.1, 0.15) is 11.5 Å². The molecule has 0 amide bonds. The minimum atomic E-state index is 0.473. The average molecular weight is 252 g/mol. The second kappa shape index (κ2) is 7.74. The molecule has 1 rings (SSSR count). The maximum atomic E-state index is 5.97. The molecule has 18 heavy (non-hydrogen) atoms. The molecule has 0 aromatic carbocycles. The summed E-state index contributed by atoms with van der Waals surface area (Å²) in [4.78, 5) is 8.49. The number of nitrogens with one attached hydrogen (secondary N) is 1. The first-order chi connectivity index (χ1) is 8.69. The van der Waals surface area contributed by atoms with Crippen LogP contribution in [0, 0.1) is 6.92 Å². The molecule has 1 aromatic heterocycles. The van der Waals surface area contributed by atoms with Crippen molar-refractivity contribution in [1.29, 1.82) is 0 Å². The minimum absolute atomic E-state index is 0.473. The summed E-state index contributed by atoms with van der Waals surface area (Å²) in [6, 6.07) is 0. The van der Waals surface area contributed by atoms with Crippen molar-refractivity contribution in [3.63, 3.8) is 0 Å². The van der Waals surface area contributed by atoms with Crippen molar-refractivity contribution in [1.82, 2.24) is 9.97 Å². The predicted octanol–water partition coefficient (Wildman–Crippen LogP) is 2.76. The molecule has 3 N–H and O–H groups in total. The summed E-state index contributed by atoms with van der Waals surface area (Å²) in [6.07, 6.45) is 4.86. The number of hydrogen-bond acceptors (Lipinski definition) is 5. The van der Waals surface area contributed by atoms with Crippen LogP contribution in [-0.2, 0) is 0 Å². The first-order valence-electron chi connectivity index (χ1n) is 6.69. The quantitative estimate of drug-likeness (QED) is 0.696. The molecule has 5 heteroatoms. The molecule has 0 fully saturated rings. The Morgan fingerprint density at radius 3 is 2.61 bits per heavy atom. The van der Waals surface area contributed by atoms with Gasteiger partial charge in [-0.25, -0.2) is 4.98 Å². The smallest absolute Gasteiger partial charge is 0.242 e. The normalized spacial score (nSPS) is 10.4. The SMILES string of the molecule is CCCCCCNc1nc(C)nc(OCC)c1N. The Labute approximate surface area is 109 Å². The number of ether oxygens (including phenoxy) is 1. The Bertz CT molecular complexity index is 368. The van der Waals surface area contributed by atoms with Crippen molar-refractivity contribution in [3.8, 4) is 5.88 Å². The fourth-order valence-electron chi connectivity index (χ4n) is 1.70. The highest BCUT2D eigenvalue weighted by Crippen LogP contribution is 2.25. The van der Waals surface area contributed by atoms with E-state index in [1.807, 2.05) is 13.8 Å². The molecule has 0 unspecified atom stereocenters. The second-order valence-electron chi connectivity index (χ2n) is 4.26. The van der Waals surface area contributed by atoms with Gasteiger partial charge in [0.05, 0.1) is 6.61 Å².